The Labute approximate surface area is 126 Å². The lowest BCUT2D eigenvalue weighted by Crippen LogP contribution is -2.32. The average Bonchev–Trinajstić information content (AvgIpc) is 2.43. The van der Waals surface area contributed by atoms with E-state index in [1.54, 1.807) is 24.3 Å². The third-order valence-electron chi connectivity index (χ3n) is 3.15. The molecule has 1 aromatic rings. The van der Waals surface area contributed by atoms with E-state index in [0.29, 0.717) is 17.7 Å². The normalized spacial score (nSPS) is 13.2. The van der Waals surface area contributed by atoms with Gasteiger partial charge in [0.15, 0.2) is 5.84 Å². The fourth-order valence-corrected chi connectivity index (χ4v) is 3.34. The number of sulfonamides is 1. The molecule has 0 saturated carbocycles. The zero-order valence-corrected chi connectivity index (χ0v) is 13.7. The van der Waals surface area contributed by atoms with E-state index in [1.807, 2.05) is 20.8 Å². The fraction of sp³-hybridized carbons (Fsp3) is 0.500. The van der Waals surface area contributed by atoms with Crippen molar-refractivity contribution in [1.82, 2.24) is 0 Å². The third kappa shape index (κ3) is 4.63. The highest BCUT2D eigenvalue weighted by molar-refractivity contribution is 7.92. The summed E-state index contributed by atoms with van der Waals surface area (Å²) >= 11 is 0. The lowest BCUT2D eigenvalue weighted by Gasteiger charge is -2.24. The summed E-state index contributed by atoms with van der Waals surface area (Å²) in [7, 11) is -2.00. The molecule has 0 fully saturated rings. The number of amidine groups is 1. The zero-order chi connectivity index (χ0) is 16.3. The van der Waals surface area contributed by atoms with E-state index in [1.165, 1.54) is 11.4 Å². The molecule has 0 aliphatic heterocycles. The summed E-state index contributed by atoms with van der Waals surface area (Å²) in [5.74, 6) is -0.0826. The quantitative estimate of drug-likeness (QED) is 0.376. The van der Waals surface area contributed by atoms with Crippen LogP contribution in [0.1, 0.15) is 32.8 Å². The topological polar surface area (TPSA) is 96.0 Å². The molecule has 0 amide bonds. The number of benzene rings is 1. The molecule has 7 heteroatoms. The van der Waals surface area contributed by atoms with Crippen molar-refractivity contribution in [3.05, 3.63) is 29.8 Å². The first-order valence-electron chi connectivity index (χ1n) is 6.62. The van der Waals surface area contributed by atoms with Gasteiger partial charge in [0, 0.05) is 12.6 Å². The van der Waals surface area contributed by atoms with Crippen molar-refractivity contribution >= 4 is 21.5 Å². The van der Waals surface area contributed by atoms with Gasteiger partial charge in [-0.15, -0.1) is 0 Å². The summed E-state index contributed by atoms with van der Waals surface area (Å²) in [4.78, 5) is 0. The molecular weight excluding hydrogens is 290 g/mol. The van der Waals surface area contributed by atoms with E-state index in [2.05, 4.69) is 5.16 Å². The molecular formula is C14H23N3O3S. The Hall–Kier alpha value is -1.76. The molecule has 0 radical (unpaired) electrons. The van der Waals surface area contributed by atoms with Crippen LogP contribution in [0.15, 0.2) is 29.4 Å². The Morgan fingerprint density at radius 1 is 1.33 bits per heavy atom. The van der Waals surface area contributed by atoms with Gasteiger partial charge >= 0.3 is 0 Å². The lowest BCUT2D eigenvalue weighted by atomic mass is 9.94. The predicted octanol–water partition coefficient (Wildman–Crippen LogP) is 1.98. The Kier molecular flexibility index (Phi) is 5.22. The molecule has 0 bridgehead atoms. The number of anilines is 1. The van der Waals surface area contributed by atoms with Crippen molar-refractivity contribution in [2.45, 2.75) is 27.2 Å². The SMILES string of the molecule is CN(c1ccccc1/C(N)=N/O)S(=O)(=O)CCC(C)(C)C. The Morgan fingerprint density at radius 2 is 1.90 bits per heavy atom. The zero-order valence-electron chi connectivity index (χ0n) is 12.9. The second kappa shape index (κ2) is 6.34. The van der Waals surface area contributed by atoms with Gasteiger partial charge in [0.05, 0.1) is 11.4 Å². The third-order valence-corrected chi connectivity index (χ3v) is 4.91. The van der Waals surface area contributed by atoms with Crippen molar-refractivity contribution in [2.24, 2.45) is 16.3 Å². The van der Waals surface area contributed by atoms with Gasteiger partial charge in [-0.3, -0.25) is 4.31 Å². The number of para-hydroxylation sites is 1. The highest BCUT2D eigenvalue weighted by atomic mass is 32.2. The van der Waals surface area contributed by atoms with Gasteiger partial charge in [-0.05, 0) is 24.0 Å². The standard InChI is InChI=1S/C14H23N3O3S/c1-14(2,3)9-10-21(19,20)17(4)12-8-6-5-7-11(12)13(15)16-18/h5-8,18H,9-10H2,1-4H3,(H2,15,16). The molecule has 0 unspecified atom stereocenters. The number of nitrogens with zero attached hydrogens (tertiary/aromatic N) is 2. The van der Waals surface area contributed by atoms with E-state index in [4.69, 9.17) is 10.9 Å². The van der Waals surface area contributed by atoms with E-state index in [9.17, 15) is 8.42 Å². The summed E-state index contributed by atoms with van der Waals surface area (Å²) in [6.45, 7) is 5.98. The van der Waals surface area contributed by atoms with Crippen LogP contribution in [-0.2, 0) is 10.0 Å². The average molecular weight is 313 g/mol. The molecule has 1 rings (SSSR count). The second-order valence-corrected chi connectivity index (χ2v) is 8.22. The Bertz CT molecular complexity index is 619. The molecule has 0 aromatic heterocycles. The van der Waals surface area contributed by atoms with Gasteiger partial charge < -0.3 is 10.9 Å². The van der Waals surface area contributed by atoms with Gasteiger partial charge in [0.25, 0.3) is 0 Å². The molecule has 118 valence electrons. The molecule has 6 nitrogen and oxygen atoms in total. The van der Waals surface area contributed by atoms with E-state index in [0.717, 1.165) is 0 Å². The first-order valence-corrected chi connectivity index (χ1v) is 8.23. The van der Waals surface area contributed by atoms with E-state index >= 15 is 0 Å². The molecule has 0 aliphatic carbocycles. The first kappa shape index (κ1) is 17.3. The number of hydrogen-bond donors (Lipinski definition) is 2. The van der Waals surface area contributed by atoms with Crippen LogP contribution in [0.4, 0.5) is 5.69 Å². The Balaban J connectivity index is 3.11. The Morgan fingerprint density at radius 3 is 2.43 bits per heavy atom. The summed E-state index contributed by atoms with van der Waals surface area (Å²) in [5.41, 5.74) is 6.29. The van der Waals surface area contributed by atoms with Gasteiger partial charge in [-0.25, -0.2) is 8.42 Å². The smallest absolute Gasteiger partial charge is 0.234 e. The molecule has 0 saturated heterocycles. The van der Waals surface area contributed by atoms with Crippen molar-refractivity contribution < 1.29 is 13.6 Å². The molecule has 0 aliphatic rings. The van der Waals surface area contributed by atoms with Gasteiger partial charge in [-0.1, -0.05) is 38.1 Å². The van der Waals surface area contributed by atoms with Crippen LogP contribution < -0.4 is 10.0 Å². The maximum atomic E-state index is 12.4. The van der Waals surface area contributed by atoms with Crippen molar-refractivity contribution in [1.29, 1.82) is 0 Å². The van der Waals surface area contributed by atoms with Gasteiger partial charge in [0.2, 0.25) is 10.0 Å². The summed E-state index contributed by atoms with van der Waals surface area (Å²) < 4.78 is 26.0. The van der Waals surface area contributed by atoms with Crippen LogP contribution in [0.25, 0.3) is 0 Å². The minimum atomic E-state index is -3.47. The largest absolute Gasteiger partial charge is 0.409 e. The summed E-state index contributed by atoms with van der Waals surface area (Å²) in [5, 5.41) is 11.7. The van der Waals surface area contributed by atoms with E-state index in [-0.39, 0.29) is 17.0 Å². The van der Waals surface area contributed by atoms with Crippen molar-refractivity contribution in [2.75, 3.05) is 17.1 Å². The van der Waals surface area contributed by atoms with Crippen LogP contribution in [0, 0.1) is 5.41 Å². The lowest BCUT2D eigenvalue weighted by molar-refractivity contribution is 0.318. The number of rotatable bonds is 5. The monoisotopic (exact) mass is 313 g/mol. The van der Waals surface area contributed by atoms with Crippen LogP contribution >= 0.6 is 0 Å². The maximum Gasteiger partial charge on any atom is 0.234 e. The number of nitrogens with two attached hydrogens (primary N) is 1. The minimum Gasteiger partial charge on any atom is -0.409 e. The van der Waals surface area contributed by atoms with Crippen LogP contribution in [0.2, 0.25) is 0 Å². The second-order valence-electron chi connectivity index (χ2n) is 6.10. The molecule has 0 heterocycles. The molecule has 0 atom stereocenters. The van der Waals surface area contributed by atoms with Crippen molar-refractivity contribution in [3.63, 3.8) is 0 Å². The molecule has 0 spiro atoms. The summed E-state index contributed by atoms with van der Waals surface area (Å²) in [6, 6.07) is 6.65. The minimum absolute atomic E-state index is 0.0392. The predicted molar refractivity (Wildman–Crippen MR) is 85.2 cm³/mol. The molecule has 3 N–H and O–H groups in total. The summed E-state index contributed by atoms with van der Waals surface area (Å²) in [6.07, 6.45) is 0.547. The van der Waals surface area contributed by atoms with Gasteiger partial charge in [-0.2, -0.15) is 0 Å². The van der Waals surface area contributed by atoms with Crippen molar-refractivity contribution in [3.8, 4) is 0 Å². The highest BCUT2D eigenvalue weighted by Gasteiger charge is 2.24. The van der Waals surface area contributed by atoms with Gasteiger partial charge in [0.1, 0.15) is 0 Å². The highest BCUT2D eigenvalue weighted by Crippen LogP contribution is 2.25. The number of hydrogen-bond acceptors (Lipinski definition) is 4. The molecule has 1 aromatic carbocycles. The first-order chi connectivity index (χ1) is 9.58. The molecule has 21 heavy (non-hydrogen) atoms. The van der Waals surface area contributed by atoms with Crippen LogP contribution in [-0.4, -0.2) is 32.3 Å². The fourth-order valence-electron chi connectivity index (χ4n) is 1.74. The maximum absolute atomic E-state index is 12.4. The van der Waals surface area contributed by atoms with Crippen LogP contribution in [0.5, 0.6) is 0 Å². The van der Waals surface area contributed by atoms with E-state index < -0.39 is 10.0 Å². The number of oxime groups is 1. The van der Waals surface area contributed by atoms with Crippen LogP contribution in [0.3, 0.4) is 0 Å².